The Morgan fingerprint density at radius 1 is 0.864 bits per heavy atom. The van der Waals surface area contributed by atoms with E-state index in [9.17, 15) is 0 Å². The molecule has 0 radical (unpaired) electrons. The maximum Gasteiger partial charge on any atom is 0.0375 e. The highest BCUT2D eigenvalue weighted by atomic mass is 14.9. The Morgan fingerprint density at radius 2 is 1.59 bits per heavy atom. The maximum atomic E-state index is 3.40. The van der Waals surface area contributed by atoms with E-state index in [1.54, 1.807) is 5.56 Å². The SMILES string of the molecule is CC1CCC(c2ccccc2)C1.CC1Cc2ccccc2N1. The van der Waals surface area contributed by atoms with Crippen LogP contribution in [0, 0.1) is 5.92 Å². The third-order valence-electron chi connectivity index (χ3n) is 4.91. The van der Waals surface area contributed by atoms with Gasteiger partial charge in [0.25, 0.3) is 0 Å². The molecule has 0 spiro atoms. The molecular weight excluding hydrogens is 266 g/mol. The van der Waals surface area contributed by atoms with E-state index in [0.717, 1.165) is 11.8 Å². The molecule has 1 saturated carbocycles. The predicted molar refractivity (Wildman–Crippen MR) is 95.4 cm³/mol. The van der Waals surface area contributed by atoms with Gasteiger partial charge in [-0.1, -0.05) is 61.9 Å². The van der Waals surface area contributed by atoms with Crippen molar-refractivity contribution in [3.05, 3.63) is 65.7 Å². The van der Waals surface area contributed by atoms with Crippen molar-refractivity contribution >= 4 is 5.69 Å². The number of fused-ring (bicyclic) bond motifs is 1. The minimum atomic E-state index is 0.623. The first-order valence-electron chi connectivity index (χ1n) is 8.61. The summed E-state index contributed by atoms with van der Waals surface area (Å²) < 4.78 is 0. The molecule has 1 aliphatic carbocycles. The van der Waals surface area contributed by atoms with Crippen LogP contribution in [0.5, 0.6) is 0 Å². The van der Waals surface area contributed by atoms with Gasteiger partial charge >= 0.3 is 0 Å². The molecule has 1 N–H and O–H groups in total. The zero-order chi connectivity index (χ0) is 15.4. The molecule has 1 nitrogen and oxygen atoms in total. The molecule has 3 unspecified atom stereocenters. The standard InChI is InChI=1S/C12H16.C9H11N/c1-10-7-8-12(9-10)11-5-3-2-4-6-11;1-7-6-8-4-2-3-5-9(8)10-7/h2-6,10,12H,7-9H2,1H3;2-5,7,10H,6H2,1H3. The van der Waals surface area contributed by atoms with Crippen molar-refractivity contribution in [3.63, 3.8) is 0 Å². The average molecular weight is 293 g/mol. The van der Waals surface area contributed by atoms with Gasteiger partial charge in [0.15, 0.2) is 0 Å². The molecule has 2 aromatic carbocycles. The minimum absolute atomic E-state index is 0.623. The van der Waals surface area contributed by atoms with Crippen molar-refractivity contribution < 1.29 is 0 Å². The van der Waals surface area contributed by atoms with Crippen LogP contribution in [0.15, 0.2) is 54.6 Å². The molecule has 0 amide bonds. The van der Waals surface area contributed by atoms with Crippen molar-refractivity contribution in [1.82, 2.24) is 0 Å². The first kappa shape index (κ1) is 15.1. The molecule has 1 fully saturated rings. The summed E-state index contributed by atoms with van der Waals surface area (Å²) in [5.74, 6) is 1.79. The summed E-state index contributed by atoms with van der Waals surface area (Å²) in [5, 5.41) is 3.40. The van der Waals surface area contributed by atoms with Crippen molar-refractivity contribution in [2.45, 2.75) is 51.5 Å². The summed E-state index contributed by atoms with van der Waals surface area (Å²) >= 11 is 0. The fourth-order valence-corrected chi connectivity index (χ4v) is 3.72. The molecule has 22 heavy (non-hydrogen) atoms. The summed E-state index contributed by atoms with van der Waals surface area (Å²) in [7, 11) is 0. The van der Waals surface area contributed by atoms with E-state index in [1.807, 2.05) is 0 Å². The van der Waals surface area contributed by atoms with Gasteiger partial charge in [-0.2, -0.15) is 0 Å². The van der Waals surface area contributed by atoms with Crippen LogP contribution < -0.4 is 5.32 Å². The molecule has 1 heteroatoms. The Bertz CT molecular complexity index is 565. The highest BCUT2D eigenvalue weighted by Crippen LogP contribution is 2.37. The van der Waals surface area contributed by atoms with Crippen molar-refractivity contribution in [2.75, 3.05) is 5.32 Å². The van der Waals surface area contributed by atoms with Gasteiger partial charge in [-0.15, -0.1) is 0 Å². The monoisotopic (exact) mass is 293 g/mol. The summed E-state index contributed by atoms with van der Waals surface area (Å²) in [4.78, 5) is 0. The first-order valence-corrected chi connectivity index (χ1v) is 8.61. The molecule has 0 aromatic heterocycles. The molecule has 4 rings (SSSR count). The van der Waals surface area contributed by atoms with Crippen LogP contribution >= 0.6 is 0 Å². The van der Waals surface area contributed by atoms with E-state index >= 15 is 0 Å². The number of nitrogens with one attached hydrogen (secondary N) is 1. The highest BCUT2D eigenvalue weighted by molar-refractivity contribution is 5.56. The van der Waals surface area contributed by atoms with Crippen LogP contribution in [0.25, 0.3) is 0 Å². The lowest BCUT2D eigenvalue weighted by Crippen LogP contribution is -2.08. The van der Waals surface area contributed by atoms with Crippen molar-refractivity contribution in [2.24, 2.45) is 5.92 Å². The van der Waals surface area contributed by atoms with E-state index in [0.29, 0.717) is 6.04 Å². The van der Waals surface area contributed by atoms with Crippen LogP contribution in [0.4, 0.5) is 5.69 Å². The Kier molecular flexibility index (Phi) is 4.82. The Morgan fingerprint density at radius 3 is 2.27 bits per heavy atom. The summed E-state index contributed by atoms with van der Waals surface area (Å²) in [6.07, 6.45) is 5.38. The Hall–Kier alpha value is -1.76. The smallest absolute Gasteiger partial charge is 0.0375 e. The van der Waals surface area contributed by atoms with Gasteiger partial charge < -0.3 is 5.32 Å². The maximum absolute atomic E-state index is 3.40. The van der Waals surface area contributed by atoms with Crippen molar-refractivity contribution in [3.8, 4) is 0 Å². The topological polar surface area (TPSA) is 12.0 Å². The normalized spacial score (nSPS) is 25.8. The van der Waals surface area contributed by atoms with Gasteiger partial charge in [0, 0.05) is 11.7 Å². The van der Waals surface area contributed by atoms with E-state index in [1.165, 1.54) is 36.9 Å². The third kappa shape index (κ3) is 3.71. The number of anilines is 1. The van der Waals surface area contributed by atoms with Crippen molar-refractivity contribution in [1.29, 1.82) is 0 Å². The lowest BCUT2D eigenvalue weighted by atomic mass is 9.97. The van der Waals surface area contributed by atoms with Gasteiger partial charge in [-0.3, -0.25) is 0 Å². The van der Waals surface area contributed by atoms with Gasteiger partial charge in [-0.05, 0) is 55.2 Å². The minimum Gasteiger partial charge on any atom is -0.382 e. The summed E-state index contributed by atoms with van der Waals surface area (Å²) in [6, 6.07) is 20.1. The van der Waals surface area contributed by atoms with E-state index in [-0.39, 0.29) is 0 Å². The molecule has 2 aliphatic rings. The Labute approximate surface area is 134 Å². The predicted octanol–water partition coefficient (Wildman–Crippen LogP) is 5.63. The van der Waals surface area contributed by atoms with Gasteiger partial charge in [-0.25, -0.2) is 0 Å². The van der Waals surface area contributed by atoms with Gasteiger partial charge in [0.1, 0.15) is 0 Å². The first-order chi connectivity index (χ1) is 10.7. The molecule has 1 aliphatic heterocycles. The second-order valence-electron chi connectivity index (χ2n) is 6.93. The molecular formula is C21H27N. The number of rotatable bonds is 1. The highest BCUT2D eigenvalue weighted by Gasteiger charge is 2.22. The lowest BCUT2D eigenvalue weighted by molar-refractivity contribution is 0.596. The van der Waals surface area contributed by atoms with Crippen LogP contribution in [-0.4, -0.2) is 6.04 Å². The molecule has 0 saturated heterocycles. The lowest BCUT2D eigenvalue weighted by Gasteiger charge is -2.08. The van der Waals surface area contributed by atoms with Crippen LogP contribution in [0.1, 0.15) is 50.2 Å². The third-order valence-corrected chi connectivity index (χ3v) is 4.91. The molecule has 116 valence electrons. The quantitative estimate of drug-likeness (QED) is 0.718. The van der Waals surface area contributed by atoms with E-state index in [2.05, 4.69) is 73.8 Å². The van der Waals surface area contributed by atoms with Crippen LogP contribution in [0.3, 0.4) is 0 Å². The van der Waals surface area contributed by atoms with Gasteiger partial charge in [0.2, 0.25) is 0 Å². The molecule has 3 atom stereocenters. The Balaban J connectivity index is 0.000000133. The van der Waals surface area contributed by atoms with Crippen LogP contribution in [0.2, 0.25) is 0 Å². The fourth-order valence-electron chi connectivity index (χ4n) is 3.72. The number of benzene rings is 2. The number of hydrogen-bond acceptors (Lipinski definition) is 1. The summed E-state index contributed by atoms with van der Waals surface area (Å²) in [6.45, 7) is 4.57. The van der Waals surface area contributed by atoms with Crippen LogP contribution in [-0.2, 0) is 6.42 Å². The van der Waals surface area contributed by atoms with E-state index in [4.69, 9.17) is 0 Å². The zero-order valence-electron chi connectivity index (χ0n) is 13.8. The molecule has 0 bridgehead atoms. The molecule has 1 heterocycles. The number of hydrogen-bond donors (Lipinski definition) is 1. The fraction of sp³-hybridized carbons (Fsp3) is 0.429. The second-order valence-corrected chi connectivity index (χ2v) is 6.93. The van der Waals surface area contributed by atoms with Gasteiger partial charge in [0.05, 0.1) is 0 Å². The van der Waals surface area contributed by atoms with E-state index < -0.39 is 0 Å². The number of para-hydroxylation sites is 1. The molecule has 2 aromatic rings. The second kappa shape index (κ2) is 7.00. The average Bonchev–Trinajstić information content (AvgIpc) is 3.13. The summed E-state index contributed by atoms with van der Waals surface area (Å²) in [5.41, 5.74) is 4.31. The zero-order valence-corrected chi connectivity index (χ0v) is 13.8. The largest absolute Gasteiger partial charge is 0.382 e.